The van der Waals surface area contributed by atoms with E-state index in [0.717, 1.165) is 6.07 Å². The van der Waals surface area contributed by atoms with E-state index in [4.69, 9.17) is 14.2 Å². The van der Waals surface area contributed by atoms with Crippen LogP contribution in [0, 0.1) is 10.1 Å². The largest absolute Gasteiger partial charge is 0.507 e. The molecule has 0 fully saturated rings. The number of nitrogens with zero attached hydrogens (tertiary/aromatic N) is 1. The highest BCUT2D eigenvalue weighted by molar-refractivity contribution is 6.09. The molecule has 222 valence electrons. The van der Waals surface area contributed by atoms with Crippen molar-refractivity contribution in [3.8, 4) is 17.2 Å². The molecule has 0 heterocycles. The first kappa shape index (κ1) is 31.4. The molecular formula is C30H33N3O9. The fraction of sp³-hybridized carbons (Fsp3) is 0.300. The maximum absolute atomic E-state index is 13.0. The molecule has 0 saturated carbocycles. The molecule has 2 amide bonds. The minimum Gasteiger partial charge on any atom is -0.507 e. The lowest BCUT2D eigenvalue weighted by Gasteiger charge is -2.17. The Labute approximate surface area is 242 Å². The van der Waals surface area contributed by atoms with E-state index in [1.807, 2.05) is 0 Å². The first-order chi connectivity index (χ1) is 19.7. The van der Waals surface area contributed by atoms with Gasteiger partial charge in [0.05, 0.1) is 51.7 Å². The number of phenols is 1. The van der Waals surface area contributed by atoms with E-state index >= 15 is 0 Å². The Bertz CT molecular complexity index is 1500. The second-order valence-corrected chi connectivity index (χ2v) is 10.1. The van der Waals surface area contributed by atoms with Gasteiger partial charge in [-0.3, -0.25) is 19.7 Å². The molecule has 3 aromatic rings. The van der Waals surface area contributed by atoms with Crippen LogP contribution in [-0.2, 0) is 4.74 Å². The van der Waals surface area contributed by atoms with Gasteiger partial charge in [-0.05, 0) is 77.9 Å². The zero-order valence-electron chi connectivity index (χ0n) is 24.1. The molecule has 0 spiro atoms. The van der Waals surface area contributed by atoms with Crippen LogP contribution in [-0.4, -0.2) is 46.1 Å². The van der Waals surface area contributed by atoms with E-state index in [1.54, 1.807) is 41.5 Å². The summed E-state index contributed by atoms with van der Waals surface area (Å²) >= 11 is 0. The average molecular weight is 580 g/mol. The minimum atomic E-state index is -0.667. The summed E-state index contributed by atoms with van der Waals surface area (Å²) in [7, 11) is 0. The molecule has 0 aliphatic rings. The number of nitro benzene ring substituents is 1. The maximum Gasteiger partial charge on any atom is 0.338 e. The highest BCUT2D eigenvalue weighted by atomic mass is 16.6. The van der Waals surface area contributed by atoms with E-state index in [0.29, 0.717) is 0 Å². The molecular weight excluding hydrogens is 546 g/mol. The number of rotatable bonds is 11. The molecule has 0 aliphatic carbocycles. The summed E-state index contributed by atoms with van der Waals surface area (Å²) in [6.45, 7) is 10.5. The van der Waals surface area contributed by atoms with Gasteiger partial charge >= 0.3 is 5.97 Å². The number of phenolic OH excluding ortho intramolecular Hbond substituents is 1. The molecule has 3 rings (SSSR count). The molecule has 12 nitrogen and oxygen atoms in total. The van der Waals surface area contributed by atoms with E-state index < -0.39 is 28.5 Å². The molecule has 0 atom stereocenters. The summed E-state index contributed by atoms with van der Waals surface area (Å²) in [5.41, 5.74) is 0.403. The van der Waals surface area contributed by atoms with Crippen molar-refractivity contribution in [2.24, 2.45) is 0 Å². The molecule has 0 bridgehead atoms. The van der Waals surface area contributed by atoms with E-state index in [1.165, 1.54) is 48.5 Å². The van der Waals surface area contributed by atoms with Crippen LogP contribution in [0.3, 0.4) is 0 Å². The highest BCUT2D eigenvalue weighted by Crippen LogP contribution is 2.31. The molecule has 12 heteroatoms. The molecule has 3 aromatic carbocycles. The number of aromatic hydroxyl groups is 1. The third kappa shape index (κ3) is 8.19. The van der Waals surface area contributed by atoms with Crippen LogP contribution in [0.4, 0.5) is 17.1 Å². The standard InChI is InChI=1S/C30H33N3O9/c1-16(2)40-26-15-21(33(38)39)9-11-23(26)29(36)31-20-8-10-22(25(34)14-20)28(35)32-24-12-7-19(30(37)42-18(5)6)13-27(24)41-17(3)4/h7-18,34H,1-6H3,(H,31,36)(H,32,35). The molecule has 0 unspecified atom stereocenters. The van der Waals surface area contributed by atoms with Crippen LogP contribution in [0.5, 0.6) is 17.2 Å². The fourth-order valence-electron chi connectivity index (χ4n) is 3.74. The van der Waals surface area contributed by atoms with Crippen molar-refractivity contribution < 1.29 is 38.6 Å². The van der Waals surface area contributed by atoms with Gasteiger partial charge in [-0.1, -0.05) is 0 Å². The number of esters is 1. The number of anilines is 2. The number of hydrogen-bond acceptors (Lipinski definition) is 9. The summed E-state index contributed by atoms with van der Waals surface area (Å²) in [5.74, 6) is -2.00. The Morgan fingerprint density at radius 1 is 0.762 bits per heavy atom. The summed E-state index contributed by atoms with van der Waals surface area (Å²) < 4.78 is 16.6. The Hall–Kier alpha value is -5.13. The van der Waals surface area contributed by atoms with Crippen molar-refractivity contribution in [1.29, 1.82) is 0 Å². The molecule has 0 aliphatic heterocycles. The summed E-state index contributed by atoms with van der Waals surface area (Å²) in [6, 6.07) is 12.0. The quantitative estimate of drug-likeness (QED) is 0.141. The van der Waals surface area contributed by atoms with Crippen molar-refractivity contribution in [2.45, 2.75) is 59.9 Å². The number of ether oxygens (including phenoxy) is 3. The third-order valence-electron chi connectivity index (χ3n) is 5.45. The monoisotopic (exact) mass is 579 g/mol. The number of nitro groups is 1. The fourth-order valence-corrected chi connectivity index (χ4v) is 3.74. The lowest BCUT2D eigenvalue weighted by Crippen LogP contribution is -2.17. The lowest BCUT2D eigenvalue weighted by atomic mass is 10.1. The van der Waals surface area contributed by atoms with Gasteiger partial charge in [-0.15, -0.1) is 0 Å². The number of amides is 2. The van der Waals surface area contributed by atoms with Crippen molar-refractivity contribution in [3.63, 3.8) is 0 Å². The molecule has 0 aromatic heterocycles. The SMILES string of the molecule is CC(C)OC(=O)c1ccc(NC(=O)c2ccc(NC(=O)c3ccc([N+](=O)[O-])cc3OC(C)C)cc2O)c(OC(C)C)c1. The van der Waals surface area contributed by atoms with Crippen molar-refractivity contribution >= 4 is 34.8 Å². The number of non-ortho nitro benzene ring substituents is 1. The highest BCUT2D eigenvalue weighted by Gasteiger charge is 2.21. The van der Waals surface area contributed by atoms with Gasteiger partial charge in [0.25, 0.3) is 17.5 Å². The Kier molecular flexibility index (Phi) is 10.1. The van der Waals surface area contributed by atoms with Gasteiger partial charge in [0.2, 0.25) is 0 Å². The topological polar surface area (TPSA) is 166 Å². The third-order valence-corrected chi connectivity index (χ3v) is 5.45. The normalized spacial score (nSPS) is 10.9. The minimum absolute atomic E-state index is 0.0276. The molecule has 0 radical (unpaired) electrons. The van der Waals surface area contributed by atoms with Crippen molar-refractivity contribution in [3.05, 3.63) is 81.4 Å². The van der Waals surface area contributed by atoms with Crippen LogP contribution in [0.25, 0.3) is 0 Å². The van der Waals surface area contributed by atoms with Gasteiger partial charge in [0.15, 0.2) is 0 Å². The van der Waals surface area contributed by atoms with Gasteiger partial charge in [0.1, 0.15) is 17.2 Å². The second-order valence-electron chi connectivity index (χ2n) is 10.1. The van der Waals surface area contributed by atoms with Crippen LogP contribution >= 0.6 is 0 Å². The van der Waals surface area contributed by atoms with Gasteiger partial charge in [-0.25, -0.2) is 4.79 Å². The van der Waals surface area contributed by atoms with E-state index in [-0.39, 0.29) is 63.6 Å². The summed E-state index contributed by atoms with van der Waals surface area (Å²) in [4.78, 5) is 48.9. The Balaban J connectivity index is 1.81. The zero-order chi connectivity index (χ0) is 31.1. The first-order valence-corrected chi connectivity index (χ1v) is 13.2. The van der Waals surface area contributed by atoms with Crippen LogP contribution in [0.15, 0.2) is 54.6 Å². The second kappa shape index (κ2) is 13.5. The molecule has 42 heavy (non-hydrogen) atoms. The number of benzene rings is 3. The Morgan fingerprint density at radius 2 is 1.38 bits per heavy atom. The maximum atomic E-state index is 13.0. The van der Waals surface area contributed by atoms with E-state index in [2.05, 4.69) is 10.6 Å². The summed E-state index contributed by atoms with van der Waals surface area (Å²) in [5, 5.41) is 27.0. The number of carbonyl (C=O) groups is 3. The molecule has 3 N–H and O–H groups in total. The van der Waals surface area contributed by atoms with Crippen LogP contribution < -0.4 is 20.1 Å². The lowest BCUT2D eigenvalue weighted by molar-refractivity contribution is -0.384. The van der Waals surface area contributed by atoms with Crippen molar-refractivity contribution in [1.82, 2.24) is 0 Å². The number of hydrogen-bond donors (Lipinski definition) is 3. The number of carbonyl (C=O) groups excluding carboxylic acids is 3. The predicted octanol–water partition coefficient (Wildman–Crippen LogP) is 5.94. The smallest absolute Gasteiger partial charge is 0.338 e. The van der Waals surface area contributed by atoms with E-state index in [9.17, 15) is 29.6 Å². The van der Waals surface area contributed by atoms with Gasteiger partial charge < -0.3 is 30.0 Å². The van der Waals surface area contributed by atoms with Crippen molar-refractivity contribution in [2.75, 3.05) is 10.6 Å². The predicted molar refractivity (Wildman–Crippen MR) is 156 cm³/mol. The first-order valence-electron chi connectivity index (χ1n) is 13.2. The van der Waals surface area contributed by atoms with Crippen LogP contribution in [0.1, 0.15) is 72.6 Å². The van der Waals surface area contributed by atoms with Crippen LogP contribution in [0.2, 0.25) is 0 Å². The van der Waals surface area contributed by atoms with Gasteiger partial charge in [0, 0.05) is 17.8 Å². The average Bonchev–Trinajstić information content (AvgIpc) is 2.88. The number of nitrogens with one attached hydrogen (secondary N) is 2. The van der Waals surface area contributed by atoms with Gasteiger partial charge in [-0.2, -0.15) is 0 Å². The zero-order valence-corrected chi connectivity index (χ0v) is 24.1. The summed E-state index contributed by atoms with van der Waals surface area (Å²) in [6.07, 6.45) is -0.931. The Morgan fingerprint density at radius 3 is 1.98 bits per heavy atom. The molecule has 0 saturated heterocycles.